The summed E-state index contributed by atoms with van der Waals surface area (Å²) < 4.78 is 1.12. The lowest BCUT2D eigenvalue weighted by atomic mass is 9.79. The summed E-state index contributed by atoms with van der Waals surface area (Å²) in [6, 6.07) is 22.5. The second-order valence-corrected chi connectivity index (χ2v) is 12.7. The number of rotatable bonds is 4. The Bertz CT molecular complexity index is 1640. The maximum Gasteiger partial charge on any atom is 0.128 e. The Morgan fingerprint density at radius 3 is 2.24 bits per heavy atom. The lowest BCUT2D eigenvalue weighted by molar-refractivity contribution is 0.444. The minimum atomic E-state index is -0.195. The molecule has 5 aromatic rings. The van der Waals surface area contributed by atoms with Crippen molar-refractivity contribution in [2.45, 2.75) is 52.4 Å². The quantitative estimate of drug-likeness (QED) is 0.241. The molecule has 5 rings (SSSR count). The fourth-order valence-corrected chi connectivity index (χ4v) is 5.52. The van der Waals surface area contributed by atoms with E-state index in [9.17, 15) is 5.11 Å². The first-order chi connectivity index (χ1) is 18.0. The molecule has 2 aromatic heterocycles. The molecular weight excluding hydrogens is 486 g/mol. The molecular formula is C33H33N3OS. The molecule has 0 bridgehead atoms. The topological polar surface area (TPSA) is 58.4 Å². The van der Waals surface area contributed by atoms with E-state index in [1.165, 1.54) is 5.56 Å². The van der Waals surface area contributed by atoms with Crippen molar-refractivity contribution in [3.8, 4) is 27.4 Å². The number of aromatic hydroxyl groups is 1. The lowest BCUT2D eigenvalue weighted by Crippen LogP contribution is -2.17. The number of phenols is 1. The van der Waals surface area contributed by atoms with E-state index in [1.807, 2.05) is 30.3 Å². The van der Waals surface area contributed by atoms with Gasteiger partial charge < -0.3 is 5.11 Å². The van der Waals surface area contributed by atoms with Crippen LogP contribution in [0.4, 0.5) is 5.69 Å². The number of pyridine rings is 1. The van der Waals surface area contributed by atoms with Crippen LogP contribution in [-0.4, -0.2) is 21.3 Å². The van der Waals surface area contributed by atoms with Crippen molar-refractivity contribution in [1.29, 1.82) is 0 Å². The minimum absolute atomic E-state index is 0.0539. The Labute approximate surface area is 228 Å². The Kier molecular flexibility index (Phi) is 6.66. The number of thiazole rings is 1. The molecule has 0 unspecified atom stereocenters. The molecule has 1 N–H and O–H groups in total. The molecule has 192 valence electrons. The van der Waals surface area contributed by atoms with Gasteiger partial charge in [-0.05, 0) is 58.4 Å². The third-order valence-electron chi connectivity index (χ3n) is 6.70. The smallest absolute Gasteiger partial charge is 0.128 e. The summed E-state index contributed by atoms with van der Waals surface area (Å²) in [4.78, 5) is 14.1. The van der Waals surface area contributed by atoms with Gasteiger partial charge in [-0.15, -0.1) is 11.3 Å². The molecule has 3 aromatic carbocycles. The molecule has 0 atom stereocenters. The highest BCUT2D eigenvalue weighted by Gasteiger charge is 2.24. The Balaban J connectivity index is 1.59. The van der Waals surface area contributed by atoms with Crippen LogP contribution in [0.25, 0.3) is 31.9 Å². The van der Waals surface area contributed by atoms with Gasteiger partial charge in [0.15, 0.2) is 0 Å². The number of nitrogens with zero attached hydrogens (tertiary/aromatic N) is 3. The van der Waals surface area contributed by atoms with Crippen LogP contribution in [0, 0.1) is 0 Å². The van der Waals surface area contributed by atoms with Crippen LogP contribution < -0.4 is 0 Å². The van der Waals surface area contributed by atoms with Crippen LogP contribution in [0.5, 0.6) is 5.75 Å². The van der Waals surface area contributed by atoms with E-state index < -0.39 is 0 Å². The molecule has 0 aliphatic heterocycles. The van der Waals surface area contributed by atoms with Crippen LogP contribution >= 0.6 is 11.3 Å². The van der Waals surface area contributed by atoms with Gasteiger partial charge in [-0.2, -0.15) is 0 Å². The number of phenolic OH excluding ortho intramolecular Hbond substituents is 1. The highest BCUT2D eigenvalue weighted by atomic mass is 32.1. The standard InChI is InChI=1S/C33H33N3OS/c1-32(2,3)23-18-22(30(37)26(19-23)33(4,5)6)20-35-27-12-8-7-10-25(27)31-36-29-24(11-9-13-28(29)38-31)21-14-16-34-17-15-21/h7-20,37H,1-6H3. The first kappa shape index (κ1) is 25.8. The normalized spacial score (nSPS) is 12.5. The van der Waals surface area contributed by atoms with Gasteiger partial charge in [-0.25, -0.2) is 4.98 Å². The van der Waals surface area contributed by atoms with Crippen molar-refractivity contribution < 1.29 is 5.11 Å². The maximum atomic E-state index is 11.2. The fourth-order valence-electron chi connectivity index (χ4n) is 4.49. The first-order valence-electron chi connectivity index (χ1n) is 12.8. The van der Waals surface area contributed by atoms with E-state index in [0.29, 0.717) is 0 Å². The molecule has 0 aliphatic rings. The summed E-state index contributed by atoms with van der Waals surface area (Å²) >= 11 is 1.66. The molecule has 0 radical (unpaired) electrons. The van der Waals surface area contributed by atoms with Gasteiger partial charge in [0.2, 0.25) is 0 Å². The highest BCUT2D eigenvalue weighted by Crippen LogP contribution is 2.40. The van der Waals surface area contributed by atoms with Gasteiger partial charge in [-0.3, -0.25) is 9.98 Å². The molecule has 4 nitrogen and oxygen atoms in total. The summed E-state index contributed by atoms with van der Waals surface area (Å²) in [6.45, 7) is 12.9. The van der Waals surface area contributed by atoms with Crippen molar-refractivity contribution in [3.63, 3.8) is 0 Å². The predicted octanol–water partition coefficient (Wildman–Crippen LogP) is 9.08. The maximum absolute atomic E-state index is 11.2. The molecule has 0 amide bonds. The van der Waals surface area contributed by atoms with Gasteiger partial charge in [0.05, 0.1) is 15.9 Å². The molecule has 2 heterocycles. The molecule has 0 saturated heterocycles. The second-order valence-electron chi connectivity index (χ2n) is 11.6. The zero-order valence-corrected chi connectivity index (χ0v) is 23.6. The fraction of sp³-hybridized carbons (Fsp3) is 0.242. The summed E-state index contributed by atoms with van der Waals surface area (Å²) in [6.07, 6.45) is 5.40. The third kappa shape index (κ3) is 5.11. The van der Waals surface area contributed by atoms with Gasteiger partial charge in [0.1, 0.15) is 10.8 Å². The number of aromatic nitrogens is 2. The summed E-state index contributed by atoms with van der Waals surface area (Å²) in [5.74, 6) is 0.286. The van der Waals surface area contributed by atoms with Gasteiger partial charge >= 0.3 is 0 Å². The molecule has 38 heavy (non-hydrogen) atoms. The summed E-state index contributed by atoms with van der Waals surface area (Å²) in [5, 5.41) is 12.1. The van der Waals surface area contributed by atoms with E-state index in [-0.39, 0.29) is 16.6 Å². The monoisotopic (exact) mass is 519 g/mol. The largest absolute Gasteiger partial charge is 0.507 e. The van der Waals surface area contributed by atoms with E-state index in [0.717, 1.165) is 48.7 Å². The minimum Gasteiger partial charge on any atom is -0.507 e. The molecule has 0 saturated carbocycles. The zero-order chi connectivity index (χ0) is 27.1. The van der Waals surface area contributed by atoms with E-state index >= 15 is 0 Å². The second kappa shape index (κ2) is 9.80. The van der Waals surface area contributed by atoms with Crippen molar-refractivity contribution >= 4 is 33.5 Å². The van der Waals surface area contributed by atoms with E-state index in [1.54, 1.807) is 29.9 Å². The van der Waals surface area contributed by atoms with Crippen LogP contribution in [-0.2, 0) is 10.8 Å². The Morgan fingerprint density at radius 1 is 0.816 bits per heavy atom. The van der Waals surface area contributed by atoms with E-state index in [2.05, 4.69) is 82.9 Å². The molecule has 0 fully saturated rings. The highest BCUT2D eigenvalue weighted by molar-refractivity contribution is 7.21. The number of benzene rings is 3. The van der Waals surface area contributed by atoms with Crippen LogP contribution in [0.2, 0.25) is 0 Å². The molecule has 5 heteroatoms. The van der Waals surface area contributed by atoms with Crippen molar-refractivity contribution in [2.24, 2.45) is 4.99 Å². The van der Waals surface area contributed by atoms with E-state index in [4.69, 9.17) is 9.98 Å². The first-order valence-corrected chi connectivity index (χ1v) is 13.7. The molecule has 0 spiro atoms. The Hall–Kier alpha value is -3.83. The summed E-state index contributed by atoms with van der Waals surface area (Å²) in [5.41, 5.74) is 7.51. The number of hydrogen-bond acceptors (Lipinski definition) is 5. The lowest BCUT2D eigenvalue weighted by Gasteiger charge is -2.27. The van der Waals surface area contributed by atoms with Crippen LogP contribution in [0.3, 0.4) is 0 Å². The Morgan fingerprint density at radius 2 is 1.53 bits per heavy atom. The van der Waals surface area contributed by atoms with Crippen LogP contribution in [0.1, 0.15) is 58.2 Å². The zero-order valence-electron chi connectivity index (χ0n) is 22.8. The van der Waals surface area contributed by atoms with Crippen LogP contribution in [0.15, 0.2) is 84.1 Å². The van der Waals surface area contributed by atoms with Gasteiger partial charge in [0.25, 0.3) is 0 Å². The van der Waals surface area contributed by atoms with Gasteiger partial charge in [-0.1, -0.05) is 71.9 Å². The predicted molar refractivity (Wildman–Crippen MR) is 161 cm³/mol. The number of aliphatic imine (C=N–C) groups is 1. The number of para-hydroxylation sites is 2. The third-order valence-corrected chi connectivity index (χ3v) is 7.75. The summed E-state index contributed by atoms with van der Waals surface area (Å²) in [7, 11) is 0. The van der Waals surface area contributed by atoms with Crippen molar-refractivity contribution in [3.05, 3.63) is 95.8 Å². The molecule has 0 aliphatic carbocycles. The van der Waals surface area contributed by atoms with Crippen molar-refractivity contribution in [1.82, 2.24) is 9.97 Å². The van der Waals surface area contributed by atoms with Gasteiger partial charge in [0, 0.05) is 40.9 Å². The van der Waals surface area contributed by atoms with Crippen molar-refractivity contribution in [2.75, 3.05) is 0 Å². The average Bonchev–Trinajstić information content (AvgIpc) is 3.32. The SMILES string of the molecule is CC(C)(C)c1cc(C=Nc2ccccc2-c2nc3c(-c4ccncc4)cccc3s2)c(O)c(C(C)(C)C)c1. The number of hydrogen-bond donors (Lipinski definition) is 1. The number of fused-ring (bicyclic) bond motifs is 1. The average molecular weight is 520 g/mol.